The second-order valence-corrected chi connectivity index (χ2v) is 6.73. The van der Waals surface area contributed by atoms with E-state index in [2.05, 4.69) is 10.6 Å². The SMILES string of the molecule is CCOc1cc(CNCCCNC)cc(Cl)c1OCc1ccc(Cl)cc1. The highest BCUT2D eigenvalue weighted by atomic mass is 35.5. The molecule has 0 bridgehead atoms. The van der Waals surface area contributed by atoms with Gasteiger partial charge in [-0.05, 0) is 68.9 Å². The standard InChI is InChI=1S/C20H26Cl2N2O2/c1-3-25-19-12-16(13-24-10-4-9-23-2)11-18(22)20(19)26-14-15-5-7-17(21)8-6-15/h5-8,11-12,23-24H,3-4,9-10,13-14H2,1-2H3. The molecule has 0 fully saturated rings. The Balaban J connectivity index is 2.03. The van der Waals surface area contributed by atoms with E-state index in [0.717, 1.165) is 37.2 Å². The Hall–Kier alpha value is -1.46. The normalized spacial score (nSPS) is 10.8. The van der Waals surface area contributed by atoms with Gasteiger partial charge < -0.3 is 20.1 Å². The highest BCUT2D eigenvalue weighted by molar-refractivity contribution is 6.32. The Kier molecular flexibility index (Phi) is 9.06. The highest BCUT2D eigenvalue weighted by Crippen LogP contribution is 2.37. The van der Waals surface area contributed by atoms with Gasteiger partial charge in [-0.15, -0.1) is 0 Å². The number of hydrogen-bond donors (Lipinski definition) is 2. The molecule has 6 heteroatoms. The molecule has 2 aromatic carbocycles. The molecule has 0 saturated heterocycles. The number of hydrogen-bond acceptors (Lipinski definition) is 4. The maximum Gasteiger partial charge on any atom is 0.180 e. The van der Waals surface area contributed by atoms with Crippen LogP contribution in [-0.2, 0) is 13.2 Å². The Morgan fingerprint density at radius 3 is 2.42 bits per heavy atom. The van der Waals surface area contributed by atoms with E-state index in [1.54, 1.807) is 0 Å². The van der Waals surface area contributed by atoms with Crippen LogP contribution in [0.25, 0.3) is 0 Å². The van der Waals surface area contributed by atoms with Crippen molar-refractivity contribution in [1.82, 2.24) is 10.6 Å². The average Bonchev–Trinajstić information content (AvgIpc) is 2.62. The molecule has 0 heterocycles. The lowest BCUT2D eigenvalue weighted by molar-refractivity contribution is 0.269. The van der Waals surface area contributed by atoms with Gasteiger partial charge in [0, 0.05) is 11.6 Å². The van der Waals surface area contributed by atoms with Crippen molar-refractivity contribution in [2.45, 2.75) is 26.5 Å². The zero-order valence-electron chi connectivity index (χ0n) is 15.3. The van der Waals surface area contributed by atoms with Crippen molar-refractivity contribution in [3.05, 3.63) is 57.6 Å². The molecule has 0 atom stereocenters. The fourth-order valence-corrected chi connectivity index (χ4v) is 2.90. The zero-order chi connectivity index (χ0) is 18.8. The molecule has 26 heavy (non-hydrogen) atoms. The fraction of sp³-hybridized carbons (Fsp3) is 0.400. The summed E-state index contributed by atoms with van der Waals surface area (Å²) >= 11 is 12.4. The molecular formula is C20H26Cl2N2O2. The summed E-state index contributed by atoms with van der Waals surface area (Å²) in [5, 5.41) is 7.80. The summed E-state index contributed by atoms with van der Waals surface area (Å²) in [6.07, 6.45) is 1.07. The minimum absolute atomic E-state index is 0.401. The number of rotatable bonds is 11. The largest absolute Gasteiger partial charge is 0.490 e. The van der Waals surface area contributed by atoms with Gasteiger partial charge in [0.05, 0.1) is 11.6 Å². The molecule has 0 aliphatic rings. The predicted molar refractivity (Wildman–Crippen MR) is 109 cm³/mol. The molecule has 0 aliphatic carbocycles. The van der Waals surface area contributed by atoms with Gasteiger partial charge in [0.1, 0.15) is 6.61 Å². The fourth-order valence-electron chi connectivity index (χ4n) is 2.49. The van der Waals surface area contributed by atoms with Crippen LogP contribution in [0.1, 0.15) is 24.5 Å². The molecule has 0 radical (unpaired) electrons. The number of benzene rings is 2. The second-order valence-electron chi connectivity index (χ2n) is 5.89. The quantitative estimate of drug-likeness (QED) is 0.541. The monoisotopic (exact) mass is 396 g/mol. The minimum atomic E-state index is 0.401. The van der Waals surface area contributed by atoms with Gasteiger partial charge in [-0.25, -0.2) is 0 Å². The molecule has 0 saturated carbocycles. The third kappa shape index (κ3) is 6.69. The summed E-state index contributed by atoms with van der Waals surface area (Å²) in [7, 11) is 1.96. The smallest absolute Gasteiger partial charge is 0.180 e. The summed E-state index contributed by atoms with van der Waals surface area (Å²) in [6.45, 7) is 5.57. The van der Waals surface area contributed by atoms with Crippen LogP contribution in [0.15, 0.2) is 36.4 Å². The number of ether oxygens (including phenoxy) is 2. The van der Waals surface area contributed by atoms with Crippen LogP contribution in [0.3, 0.4) is 0 Å². The molecule has 2 aromatic rings. The summed E-state index contributed by atoms with van der Waals surface area (Å²) in [5.74, 6) is 1.24. The molecule has 0 aromatic heterocycles. The summed E-state index contributed by atoms with van der Waals surface area (Å²) < 4.78 is 11.7. The molecule has 4 nitrogen and oxygen atoms in total. The van der Waals surface area contributed by atoms with Crippen LogP contribution in [0.4, 0.5) is 0 Å². The first kappa shape index (κ1) is 20.8. The first-order chi connectivity index (χ1) is 12.6. The van der Waals surface area contributed by atoms with E-state index in [1.807, 2.05) is 50.4 Å². The van der Waals surface area contributed by atoms with E-state index in [9.17, 15) is 0 Å². The van der Waals surface area contributed by atoms with Gasteiger partial charge in [0.25, 0.3) is 0 Å². The summed E-state index contributed by atoms with van der Waals surface area (Å²) in [6, 6.07) is 11.5. The molecular weight excluding hydrogens is 371 g/mol. The molecule has 0 spiro atoms. The van der Waals surface area contributed by atoms with Crippen LogP contribution in [0, 0.1) is 0 Å². The Morgan fingerprint density at radius 1 is 0.962 bits per heavy atom. The van der Waals surface area contributed by atoms with E-state index in [4.69, 9.17) is 32.7 Å². The van der Waals surface area contributed by atoms with Crippen LogP contribution >= 0.6 is 23.2 Å². The Bertz CT molecular complexity index is 678. The van der Waals surface area contributed by atoms with E-state index < -0.39 is 0 Å². The van der Waals surface area contributed by atoms with Crippen molar-refractivity contribution in [1.29, 1.82) is 0 Å². The van der Waals surface area contributed by atoms with Gasteiger partial charge in [0.15, 0.2) is 11.5 Å². The molecule has 0 aliphatic heterocycles. The lowest BCUT2D eigenvalue weighted by Crippen LogP contribution is -2.19. The lowest BCUT2D eigenvalue weighted by atomic mass is 10.2. The maximum atomic E-state index is 6.46. The van der Waals surface area contributed by atoms with Gasteiger partial charge in [0.2, 0.25) is 0 Å². The Labute approximate surface area is 165 Å². The number of halogens is 2. The summed E-state index contributed by atoms with van der Waals surface area (Å²) in [5.41, 5.74) is 2.09. The minimum Gasteiger partial charge on any atom is -0.490 e. The molecule has 0 unspecified atom stereocenters. The molecule has 2 rings (SSSR count). The van der Waals surface area contributed by atoms with E-state index in [0.29, 0.717) is 34.8 Å². The van der Waals surface area contributed by atoms with Crippen molar-refractivity contribution in [3.8, 4) is 11.5 Å². The van der Waals surface area contributed by atoms with Crippen molar-refractivity contribution in [2.24, 2.45) is 0 Å². The lowest BCUT2D eigenvalue weighted by Gasteiger charge is -2.16. The molecule has 2 N–H and O–H groups in total. The highest BCUT2D eigenvalue weighted by Gasteiger charge is 2.13. The van der Waals surface area contributed by atoms with E-state index >= 15 is 0 Å². The van der Waals surface area contributed by atoms with Crippen LogP contribution in [0.5, 0.6) is 11.5 Å². The average molecular weight is 397 g/mol. The predicted octanol–water partition coefficient (Wildman–Crippen LogP) is 4.67. The topological polar surface area (TPSA) is 42.5 Å². The van der Waals surface area contributed by atoms with Crippen molar-refractivity contribution in [2.75, 3.05) is 26.7 Å². The first-order valence-electron chi connectivity index (χ1n) is 8.81. The van der Waals surface area contributed by atoms with Crippen molar-refractivity contribution < 1.29 is 9.47 Å². The molecule has 0 amide bonds. The van der Waals surface area contributed by atoms with Gasteiger partial charge in [-0.2, -0.15) is 0 Å². The van der Waals surface area contributed by atoms with Gasteiger partial charge in [-0.1, -0.05) is 35.3 Å². The van der Waals surface area contributed by atoms with Crippen LogP contribution in [-0.4, -0.2) is 26.7 Å². The van der Waals surface area contributed by atoms with Gasteiger partial charge >= 0.3 is 0 Å². The maximum absolute atomic E-state index is 6.46. The summed E-state index contributed by atoms with van der Waals surface area (Å²) in [4.78, 5) is 0. The second kappa shape index (κ2) is 11.3. The van der Waals surface area contributed by atoms with E-state index in [1.165, 1.54) is 0 Å². The van der Waals surface area contributed by atoms with Crippen molar-refractivity contribution in [3.63, 3.8) is 0 Å². The Morgan fingerprint density at radius 2 is 1.73 bits per heavy atom. The van der Waals surface area contributed by atoms with Crippen LogP contribution in [0.2, 0.25) is 10.0 Å². The third-order valence-electron chi connectivity index (χ3n) is 3.78. The first-order valence-corrected chi connectivity index (χ1v) is 9.57. The van der Waals surface area contributed by atoms with Crippen LogP contribution < -0.4 is 20.1 Å². The zero-order valence-corrected chi connectivity index (χ0v) is 16.8. The van der Waals surface area contributed by atoms with Crippen molar-refractivity contribution >= 4 is 23.2 Å². The van der Waals surface area contributed by atoms with Gasteiger partial charge in [-0.3, -0.25) is 0 Å². The van der Waals surface area contributed by atoms with E-state index in [-0.39, 0.29) is 0 Å². The molecule has 142 valence electrons. The third-order valence-corrected chi connectivity index (χ3v) is 4.31. The number of nitrogens with one attached hydrogen (secondary N) is 2.